The van der Waals surface area contributed by atoms with Gasteiger partial charge in [-0.15, -0.1) is 0 Å². The van der Waals surface area contributed by atoms with E-state index < -0.39 is 0 Å². The van der Waals surface area contributed by atoms with Gasteiger partial charge in [0, 0.05) is 6.04 Å². The van der Waals surface area contributed by atoms with E-state index in [1.54, 1.807) is 0 Å². The fourth-order valence-corrected chi connectivity index (χ4v) is 2.50. The summed E-state index contributed by atoms with van der Waals surface area (Å²) in [6.07, 6.45) is 16.4. The Bertz CT molecular complexity index is 173. The van der Waals surface area contributed by atoms with Gasteiger partial charge in [0.2, 0.25) is 0 Å². The van der Waals surface area contributed by atoms with Gasteiger partial charge in [-0.1, -0.05) is 84.5 Å². The molecule has 2 nitrogen and oxygen atoms in total. The summed E-state index contributed by atoms with van der Waals surface area (Å²) >= 11 is 0. The van der Waals surface area contributed by atoms with Crippen LogP contribution in [0.25, 0.3) is 0 Å². The number of nitrogens with two attached hydrogens (primary N) is 1. The summed E-state index contributed by atoms with van der Waals surface area (Å²) in [4.78, 5) is 0. The van der Waals surface area contributed by atoms with Crippen molar-refractivity contribution in [3.8, 4) is 0 Å². The average molecular weight is 271 g/mol. The Balaban J connectivity index is 3.10. The minimum absolute atomic E-state index is 0.0249. The van der Waals surface area contributed by atoms with Crippen LogP contribution in [-0.4, -0.2) is 17.3 Å². The second-order valence-corrected chi connectivity index (χ2v) is 5.96. The maximum atomic E-state index is 9.74. The molecule has 2 atom stereocenters. The van der Waals surface area contributed by atoms with Crippen molar-refractivity contribution in [2.45, 2.75) is 109 Å². The summed E-state index contributed by atoms with van der Waals surface area (Å²) in [5.41, 5.74) is 5.80. The molecule has 2 unspecified atom stereocenters. The third-order valence-electron chi connectivity index (χ3n) is 4.07. The Labute approximate surface area is 121 Å². The van der Waals surface area contributed by atoms with Crippen molar-refractivity contribution in [2.24, 2.45) is 5.73 Å². The molecule has 0 aromatic carbocycles. The van der Waals surface area contributed by atoms with Gasteiger partial charge in [-0.05, 0) is 12.8 Å². The van der Waals surface area contributed by atoms with E-state index in [1.807, 2.05) is 6.92 Å². The molecular formula is C17H37NO. The summed E-state index contributed by atoms with van der Waals surface area (Å²) in [7, 11) is 0. The van der Waals surface area contributed by atoms with Crippen molar-refractivity contribution < 1.29 is 5.11 Å². The van der Waals surface area contributed by atoms with Crippen LogP contribution in [0, 0.1) is 0 Å². The second kappa shape index (κ2) is 14.3. The molecule has 0 rings (SSSR count). The van der Waals surface area contributed by atoms with Gasteiger partial charge in [0.05, 0.1) is 6.10 Å². The Hall–Kier alpha value is -0.0800. The van der Waals surface area contributed by atoms with Gasteiger partial charge in [0.15, 0.2) is 0 Å². The van der Waals surface area contributed by atoms with Gasteiger partial charge in [0.25, 0.3) is 0 Å². The SMILES string of the molecule is CCCCCCCCCCCCCC(O)C(N)CC. The first kappa shape index (κ1) is 18.9. The molecule has 0 saturated carbocycles. The third-order valence-corrected chi connectivity index (χ3v) is 4.07. The smallest absolute Gasteiger partial charge is 0.0691 e. The second-order valence-electron chi connectivity index (χ2n) is 5.96. The minimum atomic E-state index is -0.288. The summed E-state index contributed by atoms with van der Waals surface area (Å²) in [5, 5.41) is 9.74. The van der Waals surface area contributed by atoms with Gasteiger partial charge < -0.3 is 10.8 Å². The Morgan fingerprint density at radius 2 is 1.16 bits per heavy atom. The molecular weight excluding hydrogens is 234 g/mol. The van der Waals surface area contributed by atoms with E-state index in [4.69, 9.17) is 5.73 Å². The van der Waals surface area contributed by atoms with Gasteiger partial charge in [0.1, 0.15) is 0 Å². The zero-order chi connectivity index (χ0) is 14.3. The Morgan fingerprint density at radius 3 is 1.58 bits per heavy atom. The molecule has 0 aliphatic rings. The molecule has 2 heteroatoms. The number of hydrogen-bond donors (Lipinski definition) is 2. The van der Waals surface area contributed by atoms with Crippen LogP contribution >= 0.6 is 0 Å². The fraction of sp³-hybridized carbons (Fsp3) is 1.00. The van der Waals surface area contributed by atoms with Crippen molar-refractivity contribution >= 4 is 0 Å². The molecule has 0 aliphatic heterocycles. The summed E-state index contributed by atoms with van der Waals surface area (Å²) in [5.74, 6) is 0. The summed E-state index contributed by atoms with van der Waals surface area (Å²) < 4.78 is 0. The molecule has 0 radical (unpaired) electrons. The zero-order valence-corrected chi connectivity index (χ0v) is 13.4. The Kier molecular flexibility index (Phi) is 14.3. The lowest BCUT2D eigenvalue weighted by molar-refractivity contribution is 0.129. The molecule has 116 valence electrons. The maximum absolute atomic E-state index is 9.74. The predicted molar refractivity (Wildman–Crippen MR) is 85.4 cm³/mol. The molecule has 3 N–H and O–H groups in total. The highest BCUT2D eigenvalue weighted by atomic mass is 16.3. The summed E-state index contributed by atoms with van der Waals surface area (Å²) in [6.45, 7) is 4.30. The lowest BCUT2D eigenvalue weighted by atomic mass is 10.0. The number of aliphatic hydroxyl groups excluding tert-OH is 1. The Morgan fingerprint density at radius 1 is 0.737 bits per heavy atom. The summed E-state index contributed by atoms with van der Waals surface area (Å²) in [6, 6.07) is -0.0249. The van der Waals surface area contributed by atoms with E-state index >= 15 is 0 Å². The minimum Gasteiger partial charge on any atom is -0.392 e. The van der Waals surface area contributed by atoms with Crippen molar-refractivity contribution in [1.82, 2.24) is 0 Å². The van der Waals surface area contributed by atoms with Gasteiger partial charge in [-0.25, -0.2) is 0 Å². The molecule has 0 aromatic rings. The van der Waals surface area contributed by atoms with Crippen LogP contribution in [0.2, 0.25) is 0 Å². The van der Waals surface area contributed by atoms with E-state index in [-0.39, 0.29) is 12.1 Å². The van der Waals surface area contributed by atoms with Crippen LogP contribution in [-0.2, 0) is 0 Å². The van der Waals surface area contributed by atoms with Gasteiger partial charge in [-0.3, -0.25) is 0 Å². The van der Waals surface area contributed by atoms with Crippen LogP contribution in [0.15, 0.2) is 0 Å². The van der Waals surface area contributed by atoms with Crippen LogP contribution < -0.4 is 5.73 Å². The molecule has 0 spiro atoms. The normalized spacial score (nSPS) is 14.5. The molecule has 0 bridgehead atoms. The molecule has 0 saturated heterocycles. The van der Waals surface area contributed by atoms with E-state index in [1.165, 1.54) is 64.2 Å². The quantitative estimate of drug-likeness (QED) is 0.446. The molecule has 19 heavy (non-hydrogen) atoms. The lowest BCUT2D eigenvalue weighted by Crippen LogP contribution is -2.33. The molecule has 0 fully saturated rings. The molecule has 0 heterocycles. The average Bonchev–Trinajstić information content (AvgIpc) is 2.43. The van der Waals surface area contributed by atoms with Crippen molar-refractivity contribution in [3.05, 3.63) is 0 Å². The van der Waals surface area contributed by atoms with Crippen LogP contribution in [0.1, 0.15) is 97.3 Å². The van der Waals surface area contributed by atoms with E-state index in [0.29, 0.717) is 0 Å². The van der Waals surface area contributed by atoms with E-state index in [2.05, 4.69) is 6.92 Å². The fourth-order valence-electron chi connectivity index (χ4n) is 2.50. The first-order chi connectivity index (χ1) is 9.22. The third kappa shape index (κ3) is 12.7. The predicted octanol–water partition coefficient (Wildman–Crippen LogP) is 4.79. The molecule has 0 aliphatic carbocycles. The zero-order valence-electron chi connectivity index (χ0n) is 13.4. The molecule has 0 amide bonds. The van der Waals surface area contributed by atoms with Crippen LogP contribution in [0.4, 0.5) is 0 Å². The highest BCUT2D eigenvalue weighted by Crippen LogP contribution is 2.13. The lowest BCUT2D eigenvalue weighted by Gasteiger charge is -2.16. The van der Waals surface area contributed by atoms with Crippen molar-refractivity contribution in [1.29, 1.82) is 0 Å². The van der Waals surface area contributed by atoms with E-state index in [0.717, 1.165) is 19.3 Å². The maximum Gasteiger partial charge on any atom is 0.0691 e. The number of rotatable bonds is 14. The number of hydrogen-bond acceptors (Lipinski definition) is 2. The highest BCUT2D eigenvalue weighted by molar-refractivity contribution is 4.69. The van der Waals surface area contributed by atoms with Crippen LogP contribution in [0.3, 0.4) is 0 Å². The first-order valence-electron chi connectivity index (χ1n) is 8.66. The molecule has 0 aromatic heterocycles. The van der Waals surface area contributed by atoms with Gasteiger partial charge in [-0.2, -0.15) is 0 Å². The highest BCUT2D eigenvalue weighted by Gasteiger charge is 2.11. The van der Waals surface area contributed by atoms with Crippen molar-refractivity contribution in [3.63, 3.8) is 0 Å². The standard InChI is InChI=1S/C17H37NO/c1-3-5-6-7-8-9-10-11-12-13-14-15-17(19)16(18)4-2/h16-17,19H,3-15,18H2,1-2H3. The monoisotopic (exact) mass is 271 g/mol. The topological polar surface area (TPSA) is 46.2 Å². The number of aliphatic hydroxyl groups is 1. The first-order valence-corrected chi connectivity index (χ1v) is 8.66. The van der Waals surface area contributed by atoms with Crippen molar-refractivity contribution in [2.75, 3.05) is 0 Å². The largest absolute Gasteiger partial charge is 0.392 e. The number of unbranched alkanes of at least 4 members (excludes halogenated alkanes) is 10. The van der Waals surface area contributed by atoms with Crippen LogP contribution in [0.5, 0.6) is 0 Å². The van der Waals surface area contributed by atoms with E-state index in [9.17, 15) is 5.11 Å². The van der Waals surface area contributed by atoms with Gasteiger partial charge >= 0.3 is 0 Å².